The lowest BCUT2D eigenvalue weighted by Crippen LogP contribution is -2.48. The van der Waals surface area contributed by atoms with Crippen molar-refractivity contribution in [3.8, 4) is 0 Å². The van der Waals surface area contributed by atoms with Crippen molar-refractivity contribution in [2.45, 2.75) is 25.4 Å². The first-order valence-electron chi connectivity index (χ1n) is 9.53. The minimum atomic E-state index is -2.91. The Balaban J connectivity index is 1.65. The highest BCUT2D eigenvalue weighted by molar-refractivity contribution is 7.91. The maximum Gasteiger partial charge on any atom is 0.191 e. The Labute approximate surface area is 162 Å². The van der Waals surface area contributed by atoms with Gasteiger partial charge in [-0.2, -0.15) is 0 Å². The molecule has 2 unspecified atom stereocenters. The standard InChI is InChI=1S/C19H30N4O3S/c1-15-3-5-16(6-4-15)18(23-8-10-26-11-9-23)13-21-19(20-2)22-17-7-12-27(24,25)14-17/h3-6,17-18H,7-14H2,1-2H3,(H2,20,21,22). The van der Waals surface area contributed by atoms with Gasteiger partial charge in [-0.3, -0.25) is 9.89 Å². The smallest absolute Gasteiger partial charge is 0.191 e. The first kappa shape index (κ1) is 20.1. The van der Waals surface area contributed by atoms with Crippen LogP contribution in [0, 0.1) is 6.92 Å². The van der Waals surface area contributed by atoms with Crippen LogP contribution >= 0.6 is 0 Å². The monoisotopic (exact) mass is 394 g/mol. The van der Waals surface area contributed by atoms with Crippen molar-refractivity contribution in [3.63, 3.8) is 0 Å². The van der Waals surface area contributed by atoms with Crippen LogP contribution in [0.3, 0.4) is 0 Å². The van der Waals surface area contributed by atoms with Gasteiger partial charge in [0.1, 0.15) is 0 Å². The summed E-state index contributed by atoms with van der Waals surface area (Å²) in [5, 5.41) is 6.65. The van der Waals surface area contributed by atoms with E-state index in [4.69, 9.17) is 4.74 Å². The molecule has 2 fully saturated rings. The number of guanidine groups is 1. The zero-order valence-electron chi connectivity index (χ0n) is 16.1. The Kier molecular flexibility index (Phi) is 6.73. The molecule has 2 aliphatic heterocycles. The summed E-state index contributed by atoms with van der Waals surface area (Å²) in [7, 11) is -1.20. The van der Waals surface area contributed by atoms with Crippen molar-refractivity contribution in [1.29, 1.82) is 0 Å². The summed E-state index contributed by atoms with van der Waals surface area (Å²) < 4.78 is 28.9. The molecule has 0 amide bonds. The van der Waals surface area contributed by atoms with Gasteiger partial charge in [0, 0.05) is 32.7 Å². The quantitative estimate of drug-likeness (QED) is 0.566. The van der Waals surface area contributed by atoms with Crippen LogP contribution in [-0.4, -0.2) is 76.7 Å². The lowest BCUT2D eigenvalue weighted by Gasteiger charge is -2.35. The van der Waals surface area contributed by atoms with E-state index < -0.39 is 9.84 Å². The molecule has 2 saturated heterocycles. The fourth-order valence-electron chi connectivity index (χ4n) is 3.63. The van der Waals surface area contributed by atoms with Crippen LogP contribution in [0.2, 0.25) is 0 Å². The zero-order valence-corrected chi connectivity index (χ0v) is 17.0. The number of rotatable bonds is 5. The van der Waals surface area contributed by atoms with E-state index in [0.29, 0.717) is 18.9 Å². The topological polar surface area (TPSA) is 83.0 Å². The molecule has 3 rings (SSSR count). The Morgan fingerprint density at radius 2 is 2.00 bits per heavy atom. The van der Waals surface area contributed by atoms with Crippen molar-refractivity contribution in [2.24, 2.45) is 4.99 Å². The molecule has 150 valence electrons. The second-order valence-corrected chi connectivity index (χ2v) is 9.50. The average Bonchev–Trinajstić information content (AvgIpc) is 3.01. The van der Waals surface area contributed by atoms with E-state index in [-0.39, 0.29) is 23.6 Å². The van der Waals surface area contributed by atoms with Gasteiger partial charge in [-0.05, 0) is 18.9 Å². The van der Waals surface area contributed by atoms with Gasteiger partial charge in [-0.1, -0.05) is 29.8 Å². The van der Waals surface area contributed by atoms with Crippen molar-refractivity contribution in [3.05, 3.63) is 35.4 Å². The molecule has 7 nitrogen and oxygen atoms in total. The summed E-state index contributed by atoms with van der Waals surface area (Å²) >= 11 is 0. The van der Waals surface area contributed by atoms with Crippen LogP contribution in [0.4, 0.5) is 0 Å². The van der Waals surface area contributed by atoms with Gasteiger partial charge in [0.15, 0.2) is 15.8 Å². The molecule has 0 aliphatic carbocycles. The van der Waals surface area contributed by atoms with Gasteiger partial charge >= 0.3 is 0 Å². The highest BCUT2D eigenvalue weighted by atomic mass is 32.2. The number of morpholine rings is 1. The Morgan fingerprint density at radius 1 is 1.30 bits per heavy atom. The summed E-state index contributed by atoms with van der Waals surface area (Å²) in [6.07, 6.45) is 0.633. The lowest BCUT2D eigenvalue weighted by atomic mass is 10.0. The summed E-state index contributed by atoms with van der Waals surface area (Å²) in [5.41, 5.74) is 2.50. The van der Waals surface area contributed by atoms with Crippen LogP contribution < -0.4 is 10.6 Å². The van der Waals surface area contributed by atoms with Gasteiger partial charge in [0.25, 0.3) is 0 Å². The lowest BCUT2D eigenvalue weighted by molar-refractivity contribution is 0.0170. The van der Waals surface area contributed by atoms with Gasteiger partial charge in [-0.25, -0.2) is 8.42 Å². The average molecular weight is 395 g/mol. The normalized spacial score (nSPS) is 24.5. The second-order valence-electron chi connectivity index (χ2n) is 7.27. The zero-order chi connectivity index (χ0) is 19.3. The molecule has 8 heteroatoms. The Bertz CT molecular complexity index is 743. The molecule has 0 aromatic heterocycles. The first-order chi connectivity index (χ1) is 13.0. The number of aryl methyl sites for hydroxylation is 1. The molecule has 0 saturated carbocycles. The number of benzene rings is 1. The summed E-state index contributed by atoms with van der Waals surface area (Å²) in [4.78, 5) is 6.71. The van der Waals surface area contributed by atoms with E-state index in [0.717, 1.165) is 26.3 Å². The van der Waals surface area contributed by atoms with Crippen molar-refractivity contribution >= 4 is 15.8 Å². The van der Waals surface area contributed by atoms with E-state index in [9.17, 15) is 8.42 Å². The van der Waals surface area contributed by atoms with Crippen molar-refractivity contribution in [1.82, 2.24) is 15.5 Å². The highest BCUT2D eigenvalue weighted by Crippen LogP contribution is 2.22. The molecule has 2 atom stereocenters. The fraction of sp³-hybridized carbons (Fsp3) is 0.632. The molecule has 1 aromatic carbocycles. The van der Waals surface area contributed by atoms with E-state index in [1.54, 1.807) is 7.05 Å². The number of hydrogen-bond acceptors (Lipinski definition) is 5. The van der Waals surface area contributed by atoms with Gasteiger partial charge in [0.2, 0.25) is 0 Å². The minimum absolute atomic E-state index is 0.0672. The van der Waals surface area contributed by atoms with Crippen LogP contribution in [0.5, 0.6) is 0 Å². The largest absolute Gasteiger partial charge is 0.379 e. The van der Waals surface area contributed by atoms with Crippen molar-refractivity contribution < 1.29 is 13.2 Å². The van der Waals surface area contributed by atoms with Crippen LogP contribution in [0.1, 0.15) is 23.6 Å². The van der Waals surface area contributed by atoms with Crippen molar-refractivity contribution in [2.75, 3.05) is 51.4 Å². The van der Waals surface area contributed by atoms with Crippen LogP contribution in [-0.2, 0) is 14.6 Å². The van der Waals surface area contributed by atoms with E-state index in [2.05, 4.69) is 51.7 Å². The number of ether oxygens (including phenoxy) is 1. The maximum absolute atomic E-state index is 11.7. The molecule has 0 bridgehead atoms. The van der Waals surface area contributed by atoms with E-state index in [1.165, 1.54) is 11.1 Å². The predicted octanol–water partition coefficient (Wildman–Crippen LogP) is 0.720. The number of nitrogens with zero attached hydrogens (tertiary/aromatic N) is 2. The summed E-state index contributed by atoms with van der Waals surface area (Å²) in [6.45, 7) is 6.07. The molecule has 2 aliphatic rings. The Hall–Kier alpha value is -1.64. The molecule has 27 heavy (non-hydrogen) atoms. The number of aliphatic imine (C=N–C) groups is 1. The van der Waals surface area contributed by atoms with Gasteiger partial charge < -0.3 is 15.4 Å². The third kappa shape index (κ3) is 5.67. The number of sulfone groups is 1. The maximum atomic E-state index is 11.7. The van der Waals surface area contributed by atoms with Crippen LogP contribution in [0.15, 0.2) is 29.3 Å². The van der Waals surface area contributed by atoms with Gasteiger partial charge in [-0.15, -0.1) is 0 Å². The molecular weight excluding hydrogens is 364 g/mol. The van der Waals surface area contributed by atoms with Gasteiger partial charge in [0.05, 0.1) is 30.8 Å². The Morgan fingerprint density at radius 3 is 2.59 bits per heavy atom. The highest BCUT2D eigenvalue weighted by Gasteiger charge is 2.29. The molecule has 0 radical (unpaired) electrons. The fourth-order valence-corrected chi connectivity index (χ4v) is 5.30. The summed E-state index contributed by atoms with van der Waals surface area (Å²) in [5.74, 6) is 1.09. The number of nitrogens with one attached hydrogen (secondary N) is 2. The van der Waals surface area contributed by atoms with Crippen LogP contribution in [0.25, 0.3) is 0 Å². The molecule has 2 heterocycles. The molecule has 0 spiro atoms. The third-order valence-corrected chi connectivity index (χ3v) is 6.98. The molecular formula is C19H30N4O3S. The third-order valence-electron chi connectivity index (χ3n) is 5.21. The van der Waals surface area contributed by atoms with E-state index in [1.807, 2.05) is 0 Å². The van der Waals surface area contributed by atoms with E-state index >= 15 is 0 Å². The number of hydrogen-bond donors (Lipinski definition) is 2. The second kappa shape index (κ2) is 9.03. The summed E-state index contributed by atoms with van der Waals surface area (Å²) in [6, 6.07) is 8.77. The first-order valence-corrected chi connectivity index (χ1v) is 11.3. The minimum Gasteiger partial charge on any atom is -0.379 e. The molecule has 2 N–H and O–H groups in total. The predicted molar refractivity (Wildman–Crippen MR) is 108 cm³/mol. The molecule has 1 aromatic rings. The SMILES string of the molecule is CN=C(NCC(c1ccc(C)cc1)N1CCOCC1)NC1CCS(=O)(=O)C1.